The number of allylic oxidation sites excluding steroid dienone is 2. The van der Waals surface area contributed by atoms with Crippen molar-refractivity contribution in [3.8, 4) is 0 Å². The minimum atomic E-state index is -1.67. The van der Waals surface area contributed by atoms with Crippen LogP contribution in [0.2, 0.25) is 18.1 Å². The predicted molar refractivity (Wildman–Crippen MR) is 69.7 cm³/mol. The summed E-state index contributed by atoms with van der Waals surface area (Å²) in [6, 6.07) is 0. The van der Waals surface area contributed by atoms with Gasteiger partial charge in [0.15, 0.2) is 0 Å². The van der Waals surface area contributed by atoms with Crippen molar-refractivity contribution < 1.29 is 4.43 Å². The molecule has 0 saturated carbocycles. The second kappa shape index (κ2) is 3.93. The maximum absolute atomic E-state index is 6.40. The molecular formula is C12H21LiOSi. The third-order valence-corrected chi connectivity index (χ3v) is 8.04. The van der Waals surface area contributed by atoms with E-state index in [1.165, 1.54) is 5.57 Å². The summed E-state index contributed by atoms with van der Waals surface area (Å²) in [7, 11) is -1.67. The molecule has 1 atom stereocenters. The molecular weight excluding hydrogens is 195 g/mol. The maximum atomic E-state index is 6.40. The summed E-state index contributed by atoms with van der Waals surface area (Å²) in [4.78, 5) is 0. The van der Waals surface area contributed by atoms with Crippen LogP contribution < -0.4 is 0 Å². The standard InChI is InChI=1S/C12H21OSi.Li/c1-10-7-8-11(9-10)13-14(5,6)12(2,3)4;/h7-9H,1-6H3;. The molecule has 0 aromatic heterocycles. The molecule has 0 N–H and O–H groups in total. The molecule has 1 aliphatic carbocycles. The zero-order valence-corrected chi connectivity index (χ0v) is 12.1. The van der Waals surface area contributed by atoms with Crippen molar-refractivity contribution >= 4 is 26.0 Å². The van der Waals surface area contributed by atoms with Gasteiger partial charge in [0.05, 0.1) is 0 Å². The van der Waals surface area contributed by atoms with Crippen LogP contribution in [0, 0.1) is 0 Å². The Kier molecular flexibility index (Phi) is 3.49. The molecule has 0 saturated heterocycles. The van der Waals surface area contributed by atoms with Crippen LogP contribution in [0.4, 0.5) is 0 Å². The normalized spacial score (nSPS) is 27.1. The third-order valence-electron chi connectivity index (χ3n) is 3.47. The Labute approximate surface area is 104 Å². The van der Waals surface area contributed by atoms with Crippen molar-refractivity contribution in [2.24, 2.45) is 0 Å². The van der Waals surface area contributed by atoms with Gasteiger partial charge in [0, 0.05) is 0 Å². The van der Waals surface area contributed by atoms with Gasteiger partial charge in [0.2, 0.25) is 0 Å². The van der Waals surface area contributed by atoms with E-state index in [0.717, 1.165) is 0 Å². The molecule has 1 unspecified atom stereocenters. The van der Waals surface area contributed by atoms with Crippen LogP contribution in [0.5, 0.6) is 0 Å². The first-order valence-electron chi connectivity index (χ1n) is 5.65. The first-order chi connectivity index (χ1) is 6.56. The van der Waals surface area contributed by atoms with Gasteiger partial charge in [-0.3, -0.25) is 0 Å². The summed E-state index contributed by atoms with van der Waals surface area (Å²) in [5, 5.41) is 0.272. The van der Waals surface area contributed by atoms with Crippen molar-refractivity contribution in [2.75, 3.05) is 0 Å². The van der Waals surface area contributed by atoms with Crippen molar-refractivity contribution in [3.05, 3.63) is 23.8 Å². The van der Waals surface area contributed by atoms with Gasteiger partial charge in [-0.2, -0.15) is 0 Å². The van der Waals surface area contributed by atoms with Gasteiger partial charge >= 0.3 is 104 Å². The summed E-state index contributed by atoms with van der Waals surface area (Å²) in [6.45, 7) is 13.5. The Morgan fingerprint density at radius 1 is 1.33 bits per heavy atom. The monoisotopic (exact) mass is 216 g/mol. The molecule has 80 valence electrons. The van der Waals surface area contributed by atoms with E-state index >= 15 is 0 Å². The van der Waals surface area contributed by atoms with Crippen LogP contribution in [-0.2, 0) is 4.43 Å². The van der Waals surface area contributed by atoms with E-state index in [1.54, 1.807) is 0 Å². The van der Waals surface area contributed by atoms with Crippen LogP contribution in [0.15, 0.2) is 23.8 Å². The van der Waals surface area contributed by atoms with E-state index in [-0.39, 0.29) is 9.31 Å². The molecule has 0 bridgehead atoms. The summed E-state index contributed by atoms with van der Waals surface area (Å²) in [6.07, 6.45) is 6.53. The summed E-state index contributed by atoms with van der Waals surface area (Å²) in [5.74, 6) is 0. The Balaban J connectivity index is 2.84. The quantitative estimate of drug-likeness (QED) is 0.643. The molecule has 1 nitrogen and oxygen atoms in total. The van der Waals surface area contributed by atoms with E-state index in [9.17, 15) is 0 Å². The molecule has 0 aromatic carbocycles. The Bertz CT molecular complexity index is 312. The Morgan fingerprint density at radius 2 is 1.87 bits per heavy atom. The summed E-state index contributed by atoms with van der Waals surface area (Å²) in [5.41, 5.74) is 1.30. The van der Waals surface area contributed by atoms with E-state index in [2.05, 4.69) is 76.7 Å². The van der Waals surface area contributed by atoms with Crippen molar-refractivity contribution in [1.82, 2.24) is 0 Å². The molecule has 1 aliphatic rings. The molecule has 0 heterocycles. The van der Waals surface area contributed by atoms with Crippen LogP contribution in [0.3, 0.4) is 0 Å². The zero-order valence-electron chi connectivity index (χ0n) is 11.1. The molecule has 0 spiro atoms. The second-order valence-electron chi connectivity index (χ2n) is 6.27. The summed E-state index contributed by atoms with van der Waals surface area (Å²) < 4.78 is 6.22. The number of hydrogen-bond donors (Lipinski definition) is 0. The molecule has 0 amide bonds. The Hall–Kier alpha value is 0.254. The van der Waals surface area contributed by atoms with Crippen molar-refractivity contribution in [3.63, 3.8) is 0 Å². The van der Waals surface area contributed by atoms with Gasteiger partial charge in [0.25, 0.3) is 0 Å². The topological polar surface area (TPSA) is 9.23 Å². The fourth-order valence-corrected chi connectivity index (χ4v) is 3.14. The minimum absolute atomic E-state index is 0.174. The SMILES string of the molecule is [Li][C]1(O[Si](C)(C)C(C)(C)C)C=CC(C)=C1. The van der Waals surface area contributed by atoms with Crippen LogP contribution in [0.25, 0.3) is 0 Å². The fourth-order valence-electron chi connectivity index (χ4n) is 1.61. The molecule has 3 heteroatoms. The van der Waals surface area contributed by atoms with Gasteiger partial charge in [-0.15, -0.1) is 0 Å². The Morgan fingerprint density at radius 3 is 2.20 bits per heavy atom. The average molecular weight is 216 g/mol. The molecule has 15 heavy (non-hydrogen) atoms. The number of rotatable bonds is 2. The first kappa shape index (κ1) is 13.3. The second-order valence-corrected chi connectivity index (χ2v) is 11.0. The molecule has 0 aliphatic heterocycles. The molecule has 0 aromatic rings. The zero-order chi connectivity index (χ0) is 11.9. The van der Waals surface area contributed by atoms with Gasteiger partial charge in [-0.25, -0.2) is 0 Å². The van der Waals surface area contributed by atoms with Gasteiger partial charge in [0.1, 0.15) is 0 Å². The average Bonchev–Trinajstić information content (AvgIpc) is 2.26. The third kappa shape index (κ3) is 3.11. The van der Waals surface area contributed by atoms with Crippen LogP contribution in [0.1, 0.15) is 27.7 Å². The summed E-state index contributed by atoms with van der Waals surface area (Å²) >= 11 is 2.15. The van der Waals surface area contributed by atoms with Crippen LogP contribution >= 0.6 is 0 Å². The van der Waals surface area contributed by atoms with Gasteiger partial charge in [-0.1, -0.05) is 0 Å². The first-order valence-corrected chi connectivity index (χ1v) is 8.55. The van der Waals surface area contributed by atoms with E-state index in [4.69, 9.17) is 4.43 Å². The van der Waals surface area contributed by atoms with Crippen LogP contribution in [-0.4, -0.2) is 30.3 Å². The van der Waals surface area contributed by atoms with Gasteiger partial charge in [-0.05, 0) is 0 Å². The molecule has 0 radical (unpaired) electrons. The van der Waals surface area contributed by atoms with E-state index in [0.29, 0.717) is 0 Å². The number of hydrogen-bond acceptors (Lipinski definition) is 1. The fraction of sp³-hybridized carbons (Fsp3) is 0.667. The van der Waals surface area contributed by atoms with E-state index in [1.807, 2.05) is 0 Å². The van der Waals surface area contributed by atoms with Gasteiger partial charge < -0.3 is 0 Å². The van der Waals surface area contributed by atoms with Crippen molar-refractivity contribution in [2.45, 2.75) is 50.1 Å². The molecule has 1 rings (SSSR count). The van der Waals surface area contributed by atoms with E-state index < -0.39 is 8.32 Å². The molecule has 0 fully saturated rings. The van der Waals surface area contributed by atoms with Crippen molar-refractivity contribution in [1.29, 1.82) is 0 Å². The predicted octanol–water partition coefficient (Wildman–Crippen LogP) is 3.39.